The fraction of sp³-hybridized carbons (Fsp3) is 0.435. The van der Waals surface area contributed by atoms with Crippen LogP contribution in [-0.4, -0.2) is 31.9 Å². The first kappa shape index (κ1) is 21.3. The summed E-state index contributed by atoms with van der Waals surface area (Å²) in [4.78, 5) is 23.6. The molecule has 1 aliphatic rings. The smallest absolute Gasteiger partial charge is 0.260 e. The van der Waals surface area contributed by atoms with Gasteiger partial charge in [0.25, 0.3) is 5.91 Å². The Morgan fingerprint density at radius 2 is 1.94 bits per heavy atom. The first-order chi connectivity index (χ1) is 14.8. The minimum atomic E-state index is -1.47. The van der Waals surface area contributed by atoms with Crippen molar-refractivity contribution in [2.75, 3.05) is 6.54 Å². The number of halogens is 3. The summed E-state index contributed by atoms with van der Waals surface area (Å²) >= 11 is 0. The Kier molecular flexibility index (Phi) is 5.98. The molecule has 0 radical (unpaired) electrons. The zero-order chi connectivity index (χ0) is 22.1. The largest absolute Gasteiger partial charge is 0.331 e. The monoisotopic (exact) mass is 430 g/mol. The maximum atomic E-state index is 14.3. The summed E-state index contributed by atoms with van der Waals surface area (Å²) in [6.07, 6.45) is 4.57. The average Bonchev–Trinajstić information content (AvgIpc) is 3.49. The first-order valence-electron chi connectivity index (χ1n) is 10.6. The van der Waals surface area contributed by atoms with Crippen LogP contribution >= 0.6 is 0 Å². The molecule has 0 atom stereocenters. The maximum absolute atomic E-state index is 14.3. The van der Waals surface area contributed by atoms with Gasteiger partial charge in [-0.25, -0.2) is 23.1 Å². The molecule has 1 fully saturated rings. The highest BCUT2D eigenvalue weighted by molar-refractivity contribution is 5.94. The van der Waals surface area contributed by atoms with Crippen LogP contribution in [0.3, 0.4) is 0 Å². The van der Waals surface area contributed by atoms with E-state index in [1.54, 1.807) is 12.3 Å². The fourth-order valence-electron chi connectivity index (χ4n) is 3.59. The van der Waals surface area contributed by atoms with E-state index < -0.39 is 28.9 Å². The Hall–Kier alpha value is -2.90. The predicted octanol–water partition coefficient (Wildman–Crippen LogP) is 4.95. The molecule has 1 amide bonds. The SMILES string of the molecule is CC(C)CCN(Cc1nc2cccnc2n1CC1CC1)C(=O)c1c(F)ccc(F)c1F. The van der Waals surface area contributed by atoms with Crippen molar-refractivity contribution in [3.8, 4) is 0 Å². The van der Waals surface area contributed by atoms with Gasteiger partial charge in [-0.15, -0.1) is 0 Å². The highest BCUT2D eigenvalue weighted by Crippen LogP contribution is 2.32. The molecule has 0 N–H and O–H groups in total. The van der Waals surface area contributed by atoms with Crippen molar-refractivity contribution in [2.45, 2.75) is 46.2 Å². The third kappa shape index (κ3) is 4.57. The molecule has 8 heteroatoms. The Labute approximate surface area is 178 Å². The second-order valence-electron chi connectivity index (χ2n) is 8.56. The lowest BCUT2D eigenvalue weighted by Crippen LogP contribution is -2.34. The topological polar surface area (TPSA) is 51.0 Å². The number of amides is 1. The van der Waals surface area contributed by atoms with Crippen LogP contribution in [-0.2, 0) is 13.1 Å². The van der Waals surface area contributed by atoms with Crippen molar-refractivity contribution in [2.24, 2.45) is 11.8 Å². The Balaban J connectivity index is 1.71. The molecular weight excluding hydrogens is 405 g/mol. The third-order valence-electron chi connectivity index (χ3n) is 5.57. The molecule has 2 aromatic heterocycles. The number of hydrogen-bond acceptors (Lipinski definition) is 3. The van der Waals surface area contributed by atoms with Gasteiger partial charge in [0.05, 0.1) is 6.54 Å². The van der Waals surface area contributed by atoms with E-state index >= 15 is 0 Å². The number of hydrogen-bond donors (Lipinski definition) is 0. The lowest BCUT2D eigenvalue weighted by atomic mass is 10.1. The van der Waals surface area contributed by atoms with Gasteiger partial charge in [-0.2, -0.15) is 0 Å². The highest BCUT2D eigenvalue weighted by atomic mass is 19.2. The minimum Gasteiger partial charge on any atom is -0.331 e. The molecule has 0 saturated heterocycles. The molecule has 0 bridgehead atoms. The lowest BCUT2D eigenvalue weighted by Gasteiger charge is -2.24. The molecule has 3 aromatic rings. The minimum absolute atomic E-state index is 0.0596. The van der Waals surface area contributed by atoms with Gasteiger partial charge in [0.2, 0.25) is 0 Å². The normalized spacial score (nSPS) is 13.9. The second kappa shape index (κ2) is 8.69. The second-order valence-corrected chi connectivity index (χ2v) is 8.56. The molecule has 31 heavy (non-hydrogen) atoms. The van der Waals surface area contributed by atoms with Crippen molar-refractivity contribution in [3.05, 3.63) is 59.3 Å². The fourth-order valence-corrected chi connectivity index (χ4v) is 3.59. The number of benzene rings is 1. The van der Waals surface area contributed by atoms with Crippen molar-refractivity contribution in [3.63, 3.8) is 0 Å². The number of carbonyl (C=O) groups is 1. The van der Waals surface area contributed by atoms with Gasteiger partial charge in [-0.1, -0.05) is 13.8 Å². The van der Waals surface area contributed by atoms with Gasteiger partial charge in [-0.3, -0.25) is 4.79 Å². The van der Waals surface area contributed by atoms with Gasteiger partial charge < -0.3 is 9.47 Å². The van der Waals surface area contributed by atoms with Gasteiger partial charge in [0, 0.05) is 19.3 Å². The van der Waals surface area contributed by atoms with Crippen LogP contribution < -0.4 is 0 Å². The van der Waals surface area contributed by atoms with E-state index in [4.69, 9.17) is 0 Å². The van der Waals surface area contributed by atoms with Gasteiger partial charge >= 0.3 is 0 Å². The number of imidazole rings is 1. The quantitative estimate of drug-likeness (QED) is 0.476. The van der Waals surface area contributed by atoms with Gasteiger partial charge in [0.15, 0.2) is 17.3 Å². The Bertz CT molecular complexity index is 1110. The number of pyridine rings is 1. The molecule has 164 valence electrons. The summed E-state index contributed by atoms with van der Waals surface area (Å²) in [5.74, 6) is -3.26. The van der Waals surface area contributed by atoms with Crippen LogP contribution in [0.5, 0.6) is 0 Å². The molecule has 2 heterocycles. The van der Waals surface area contributed by atoms with Crippen LogP contribution in [0.15, 0.2) is 30.5 Å². The number of aromatic nitrogens is 3. The highest BCUT2D eigenvalue weighted by Gasteiger charge is 2.29. The van der Waals surface area contributed by atoms with Crippen molar-refractivity contribution >= 4 is 17.1 Å². The zero-order valence-electron chi connectivity index (χ0n) is 17.6. The van der Waals surface area contributed by atoms with Crippen molar-refractivity contribution < 1.29 is 18.0 Å². The Morgan fingerprint density at radius 3 is 2.65 bits per heavy atom. The van der Waals surface area contributed by atoms with Crippen molar-refractivity contribution in [1.29, 1.82) is 0 Å². The number of rotatable bonds is 8. The first-order valence-corrected chi connectivity index (χ1v) is 10.6. The van der Waals surface area contributed by atoms with E-state index in [1.807, 2.05) is 24.5 Å². The van der Waals surface area contributed by atoms with Crippen LogP contribution in [0.2, 0.25) is 0 Å². The van der Waals surface area contributed by atoms with E-state index in [2.05, 4.69) is 9.97 Å². The summed E-state index contributed by atoms with van der Waals surface area (Å²) < 4.78 is 44.4. The van der Waals surface area contributed by atoms with E-state index in [0.29, 0.717) is 29.7 Å². The summed E-state index contributed by atoms with van der Waals surface area (Å²) in [6.45, 7) is 5.06. The average molecular weight is 430 g/mol. The summed E-state index contributed by atoms with van der Waals surface area (Å²) in [5, 5.41) is 0. The van der Waals surface area contributed by atoms with E-state index in [0.717, 1.165) is 31.1 Å². The number of nitrogens with zero attached hydrogens (tertiary/aromatic N) is 4. The van der Waals surface area contributed by atoms with Crippen LogP contribution in [0, 0.1) is 29.3 Å². The summed E-state index contributed by atoms with van der Waals surface area (Å²) in [5.41, 5.74) is 0.563. The molecule has 1 saturated carbocycles. The van der Waals surface area contributed by atoms with Crippen LogP contribution in [0.25, 0.3) is 11.2 Å². The molecule has 1 aromatic carbocycles. The molecule has 0 spiro atoms. The van der Waals surface area contributed by atoms with E-state index in [1.165, 1.54) is 4.90 Å². The lowest BCUT2D eigenvalue weighted by molar-refractivity contribution is 0.0718. The molecule has 0 aliphatic heterocycles. The molecular formula is C23H25F3N4O. The molecule has 0 unspecified atom stereocenters. The molecule has 5 nitrogen and oxygen atoms in total. The Morgan fingerprint density at radius 1 is 1.19 bits per heavy atom. The number of carbonyl (C=O) groups excluding carboxylic acids is 1. The predicted molar refractivity (Wildman–Crippen MR) is 111 cm³/mol. The summed E-state index contributed by atoms with van der Waals surface area (Å²) in [7, 11) is 0. The summed E-state index contributed by atoms with van der Waals surface area (Å²) in [6, 6.07) is 5.10. The molecule has 1 aliphatic carbocycles. The van der Waals surface area contributed by atoms with Crippen molar-refractivity contribution in [1.82, 2.24) is 19.4 Å². The van der Waals surface area contributed by atoms with Crippen LogP contribution in [0.4, 0.5) is 13.2 Å². The maximum Gasteiger partial charge on any atom is 0.260 e. The zero-order valence-corrected chi connectivity index (χ0v) is 17.6. The standard InChI is InChI=1S/C23H25F3N4O/c1-14(2)9-11-29(23(31)20-16(24)7-8-17(25)21(20)26)13-19-28-18-4-3-10-27-22(18)30(19)12-15-5-6-15/h3-4,7-8,10,14-15H,5-6,9,11-13H2,1-2H3. The third-order valence-corrected chi connectivity index (χ3v) is 5.57. The van der Waals surface area contributed by atoms with Crippen LogP contribution in [0.1, 0.15) is 49.3 Å². The van der Waals surface area contributed by atoms with E-state index in [9.17, 15) is 18.0 Å². The van der Waals surface area contributed by atoms with Gasteiger partial charge in [0.1, 0.15) is 22.7 Å². The van der Waals surface area contributed by atoms with Gasteiger partial charge in [-0.05, 0) is 55.4 Å². The number of fused-ring (bicyclic) bond motifs is 1. The van der Waals surface area contributed by atoms with E-state index in [-0.39, 0.29) is 19.0 Å². The molecule has 4 rings (SSSR count).